The quantitative estimate of drug-likeness (QED) is 0.613. The molecule has 0 bridgehead atoms. The van der Waals surface area contributed by atoms with E-state index in [0.29, 0.717) is 6.54 Å². The molecule has 2 N–H and O–H groups in total. The first-order valence-corrected chi connectivity index (χ1v) is 7.00. The molecule has 5 heteroatoms. The molecule has 1 aliphatic rings. The summed E-state index contributed by atoms with van der Waals surface area (Å²) in [6.07, 6.45) is 4.20. The number of sulfonamides is 1. The zero-order chi connectivity index (χ0) is 10.4. The van der Waals surface area contributed by atoms with Gasteiger partial charge in [-0.25, -0.2) is 13.1 Å². The lowest BCUT2D eigenvalue weighted by molar-refractivity contribution is 0.383. The second kappa shape index (κ2) is 5.68. The maximum Gasteiger partial charge on any atom is 0.213 e. The first-order chi connectivity index (χ1) is 6.64. The Bertz CT molecular complexity index is 248. The third kappa shape index (κ3) is 4.39. The Balaban J connectivity index is 2.13. The Labute approximate surface area is 86.5 Å². The highest BCUT2D eigenvalue weighted by molar-refractivity contribution is 7.89. The van der Waals surface area contributed by atoms with Crippen molar-refractivity contribution in [2.75, 3.05) is 18.8 Å². The van der Waals surface area contributed by atoms with Gasteiger partial charge in [-0.15, -0.1) is 0 Å². The van der Waals surface area contributed by atoms with Crippen LogP contribution in [0.2, 0.25) is 0 Å². The third-order valence-corrected chi connectivity index (χ3v) is 3.86. The van der Waals surface area contributed by atoms with Gasteiger partial charge in [0.2, 0.25) is 10.0 Å². The number of nitrogens with one attached hydrogen (secondary N) is 2. The molecule has 1 rings (SSSR count). The molecule has 1 saturated carbocycles. The Morgan fingerprint density at radius 2 is 2.00 bits per heavy atom. The first-order valence-electron chi connectivity index (χ1n) is 5.35. The zero-order valence-electron chi connectivity index (χ0n) is 8.75. The van der Waals surface area contributed by atoms with Crippen LogP contribution < -0.4 is 10.0 Å². The van der Waals surface area contributed by atoms with E-state index in [1.54, 1.807) is 0 Å². The fourth-order valence-electron chi connectivity index (χ4n) is 1.35. The van der Waals surface area contributed by atoms with E-state index in [-0.39, 0.29) is 11.8 Å². The molecule has 4 nitrogen and oxygen atoms in total. The molecule has 0 unspecified atom stereocenters. The van der Waals surface area contributed by atoms with Gasteiger partial charge in [-0.2, -0.15) is 0 Å². The highest BCUT2D eigenvalue weighted by atomic mass is 32.2. The monoisotopic (exact) mass is 220 g/mol. The maximum absolute atomic E-state index is 11.4. The summed E-state index contributed by atoms with van der Waals surface area (Å²) < 4.78 is 25.6. The van der Waals surface area contributed by atoms with Gasteiger partial charge in [0.1, 0.15) is 0 Å². The second-order valence-electron chi connectivity index (χ2n) is 3.81. The van der Waals surface area contributed by atoms with Gasteiger partial charge in [-0.1, -0.05) is 13.3 Å². The molecule has 14 heavy (non-hydrogen) atoms. The molecule has 0 atom stereocenters. The van der Waals surface area contributed by atoms with Crippen molar-refractivity contribution in [3.8, 4) is 0 Å². The van der Waals surface area contributed by atoms with Crippen LogP contribution in [0.15, 0.2) is 0 Å². The maximum atomic E-state index is 11.4. The Kier molecular flexibility index (Phi) is 4.84. The van der Waals surface area contributed by atoms with Crippen LogP contribution in [0, 0.1) is 0 Å². The normalized spacial score (nSPS) is 18.1. The highest BCUT2D eigenvalue weighted by Crippen LogP contribution is 2.18. The van der Waals surface area contributed by atoms with Gasteiger partial charge in [0.25, 0.3) is 0 Å². The number of hydrogen-bond acceptors (Lipinski definition) is 3. The van der Waals surface area contributed by atoms with Crippen LogP contribution in [0.4, 0.5) is 0 Å². The summed E-state index contributed by atoms with van der Waals surface area (Å²) in [5, 5.41) is 3.08. The third-order valence-electron chi connectivity index (χ3n) is 2.43. The molecule has 0 aromatic rings. The molecular formula is C9H20N2O2S. The van der Waals surface area contributed by atoms with E-state index in [9.17, 15) is 8.42 Å². The molecule has 0 aromatic heterocycles. The van der Waals surface area contributed by atoms with Crippen LogP contribution in [-0.2, 0) is 10.0 Å². The average Bonchev–Trinajstić information content (AvgIpc) is 2.06. The predicted molar refractivity (Wildman–Crippen MR) is 57.7 cm³/mol. The van der Waals surface area contributed by atoms with Gasteiger partial charge in [-0.3, -0.25) is 0 Å². The van der Waals surface area contributed by atoms with Gasteiger partial charge in [0.15, 0.2) is 0 Å². The Hall–Kier alpha value is -0.130. The molecule has 0 aliphatic heterocycles. The molecule has 1 aliphatic carbocycles. The van der Waals surface area contributed by atoms with E-state index in [1.165, 1.54) is 0 Å². The summed E-state index contributed by atoms with van der Waals surface area (Å²) in [6.45, 7) is 3.50. The van der Waals surface area contributed by atoms with Crippen molar-refractivity contribution in [3.63, 3.8) is 0 Å². The molecular weight excluding hydrogens is 200 g/mol. The Morgan fingerprint density at radius 1 is 1.29 bits per heavy atom. The summed E-state index contributed by atoms with van der Waals surface area (Å²) in [5.74, 6) is 0.198. The van der Waals surface area contributed by atoms with Crippen molar-refractivity contribution in [1.82, 2.24) is 10.0 Å². The molecule has 0 aromatic carbocycles. The molecule has 1 fully saturated rings. The minimum atomic E-state index is -3.03. The van der Waals surface area contributed by atoms with Crippen LogP contribution in [0.25, 0.3) is 0 Å². The van der Waals surface area contributed by atoms with Gasteiger partial charge in [0, 0.05) is 12.6 Å². The van der Waals surface area contributed by atoms with Crippen LogP contribution in [-0.4, -0.2) is 33.3 Å². The van der Waals surface area contributed by atoms with E-state index in [1.807, 2.05) is 0 Å². The van der Waals surface area contributed by atoms with Gasteiger partial charge < -0.3 is 5.32 Å². The number of rotatable bonds is 7. The molecule has 0 saturated heterocycles. The first kappa shape index (κ1) is 11.9. The summed E-state index contributed by atoms with van der Waals surface area (Å²) in [4.78, 5) is 0. The lowest BCUT2D eigenvalue weighted by Crippen LogP contribution is -2.42. The standard InChI is InChI=1S/C9H20N2O2S/c1-2-6-10-7-8-14(12,13)11-9-4-3-5-9/h9-11H,2-8H2,1H3. The fourth-order valence-corrected chi connectivity index (χ4v) is 2.62. The van der Waals surface area contributed by atoms with Crippen LogP contribution in [0.1, 0.15) is 32.6 Å². The van der Waals surface area contributed by atoms with Crippen LogP contribution >= 0.6 is 0 Å². The SMILES string of the molecule is CCCNCCS(=O)(=O)NC1CCC1. The minimum Gasteiger partial charge on any atom is -0.316 e. The predicted octanol–water partition coefficient (Wildman–Crippen LogP) is 0.458. The lowest BCUT2D eigenvalue weighted by atomic mass is 9.94. The Morgan fingerprint density at radius 3 is 2.50 bits per heavy atom. The average molecular weight is 220 g/mol. The molecule has 84 valence electrons. The van der Waals surface area contributed by atoms with Crippen molar-refractivity contribution in [2.24, 2.45) is 0 Å². The van der Waals surface area contributed by atoms with E-state index in [4.69, 9.17) is 0 Å². The van der Waals surface area contributed by atoms with E-state index in [2.05, 4.69) is 17.0 Å². The van der Waals surface area contributed by atoms with Crippen molar-refractivity contribution >= 4 is 10.0 Å². The van der Waals surface area contributed by atoms with Gasteiger partial charge >= 0.3 is 0 Å². The largest absolute Gasteiger partial charge is 0.316 e. The van der Waals surface area contributed by atoms with E-state index >= 15 is 0 Å². The van der Waals surface area contributed by atoms with E-state index < -0.39 is 10.0 Å². The van der Waals surface area contributed by atoms with Gasteiger partial charge in [0.05, 0.1) is 5.75 Å². The van der Waals surface area contributed by atoms with E-state index in [0.717, 1.165) is 32.2 Å². The molecule has 0 radical (unpaired) electrons. The van der Waals surface area contributed by atoms with Crippen molar-refractivity contribution in [3.05, 3.63) is 0 Å². The van der Waals surface area contributed by atoms with Crippen molar-refractivity contribution in [2.45, 2.75) is 38.6 Å². The highest BCUT2D eigenvalue weighted by Gasteiger charge is 2.22. The van der Waals surface area contributed by atoms with Gasteiger partial charge in [-0.05, 0) is 25.8 Å². The fraction of sp³-hybridized carbons (Fsp3) is 1.00. The molecule has 0 amide bonds. The van der Waals surface area contributed by atoms with Crippen LogP contribution in [0.5, 0.6) is 0 Å². The topological polar surface area (TPSA) is 58.2 Å². The molecule has 0 heterocycles. The summed E-state index contributed by atoms with van der Waals surface area (Å²) >= 11 is 0. The van der Waals surface area contributed by atoms with Crippen molar-refractivity contribution in [1.29, 1.82) is 0 Å². The van der Waals surface area contributed by atoms with Crippen LogP contribution in [0.3, 0.4) is 0 Å². The lowest BCUT2D eigenvalue weighted by Gasteiger charge is -2.26. The summed E-state index contributed by atoms with van der Waals surface area (Å²) in [7, 11) is -3.03. The zero-order valence-corrected chi connectivity index (χ0v) is 9.57. The van der Waals surface area contributed by atoms with Crippen molar-refractivity contribution < 1.29 is 8.42 Å². The number of hydrogen-bond donors (Lipinski definition) is 2. The summed E-state index contributed by atoms with van der Waals surface area (Å²) in [6, 6.07) is 0.214. The summed E-state index contributed by atoms with van der Waals surface area (Å²) in [5.41, 5.74) is 0. The molecule has 0 spiro atoms. The second-order valence-corrected chi connectivity index (χ2v) is 5.69. The minimum absolute atomic E-state index is 0.198. The smallest absolute Gasteiger partial charge is 0.213 e.